The van der Waals surface area contributed by atoms with Gasteiger partial charge in [0.25, 0.3) is 5.91 Å². The Labute approximate surface area is 206 Å². The maximum Gasteiger partial charge on any atom is 0.355 e. The minimum atomic E-state index is -0.774. The average Bonchev–Trinajstić information content (AvgIpc) is 3.11. The van der Waals surface area contributed by atoms with Crippen LogP contribution in [0.4, 0.5) is 0 Å². The maximum absolute atomic E-state index is 13.9. The Hall–Kier alpha value is -3.74. The molecule has 184 valence electrons. The molecule has 0 fully saturated rings. The van der Waals surface area contributed by atoms with Crippen LogP contribution in [0.1, 0.15) is 74.4 Å². The van der Waals surface area contributed by atoms with Crippen molar-refractivity contribution in [3.05, 3.63) is 88.0 Å². The van der Waals surface area contributed by atoms with Gasteiger partial charge in [-0.05, 0) is 70.9 Å². The maximum atomic E-state index is 13.9. The fourth-order valence-corrected chi connectivity index (χ4v) is 4.40. The van der Waals surface area contributed by atoms with Crippen LogP contribution in [0.3, 0.4) is 0 Å². The number of pyridine rings is 1. The predicted molar refractivity (Wildman–Crippen MR) is 135 cm³/mol. The van der Waals surface area contributed by atoms with Crippen molar-refractivity contribution in [1.29, 1.82) is 0 Å². The molecule has 0 spiro atoms. The smallest absolute Gasteiger partial charge is 0.355 e. The molecule has 0 N–H and O–H groups in total. The lowest BCUT2D eigenvalue weighted by Gasteiger charge is -2.29. The highest BCUT2D eigenvalue weighted by Crippen LogP contribution is 2.27. The number of Topliss-reactive ketones (excluding diaryl/α,β-unsaturated/α-hetero) is 1. The van der Waals surface area contributed by atoms with Gasteiger partial charge in [0.2, 0.25) is 0 Å². The lowest BCUT2D eigenvalue weighted by molar-refractivity contribution is 0.0512. The summed E-state index contributed by atoms with van der Waals surface area (Å²) in [4.78, 5) is 45.9. The van der Waals surface area contributed by atoms with Crippen molar-refractivity contribution in [3.63, 3.8) is 0 Å². The molecule has 2 heterocycles. The van der Waals surface area contributed by atoms with Gasteiger partial charge in [0.15, 0.2) is 5.78 Å². The molecule has 2 aromatic heterocycles. The first-order chi connectivity index (χ1) is 16.7. The number of carbonyl (C=O) groups excluding carboxylic acids is 3. The standard InChI is InChI=1S/C28H33N3O4/c1-7-30-20(5)24(19(4)25(30)28(34)35-8-2)26(32)21(6)31(17-22-10-9-15-29-16-22)27(33)23-13-11-18(3)12-14-23/h9-16,21H,7-8,17H2,1-6H3. The fraction of sp³-hybridized carbons (Fsp3) is 0.357. The van der Waals surface area contributed by atoms with Crippen LogP contribution in [0.25, 0.3) is 0 Å². The topological polar surface area (TPSA) is 81.5 Å². The molecule has 3 aromatic rings. The summed E-state index contributed by atoms with van der Waals surface area (Å²) in [5.41, 5.74) is 4.47. The number of ketones is 1. The number of esters is 1. The van der Waals surface area contributed by atoms with E-state index >= 15 is 0 Å². The molecular formula is C28H33N3O4. The number of nitrogens with zero attached hydrogens (tertiary/aromatic N) is 3. The summed E-state index contributed by atoms with van der Waals surface area (Å²) in [6.45, 7) is 11.9. The second-order valence-electron chi connectivity index (χ2n) is 8.60. The van der Waals surface area contributed by atoms with Gasteiger partial charge in [0.05, 0.1) is 12.6 Å². The summed E-state index contributed by atoms with van der Waals surface area (Å²) in [6.07, 6.45) is 3.36. The summed E-state index contributed by atoms with van der Waals surface area (Å²) in [5, 5.41) is 0. The van der Waals surface area contributed by atoms with Crippen LogP contribution in [0.15, 0.2) is 48.8 Å². The van der Waals surface area contributed by atoms with Gasteiger partial charge in [-0.25, -0.2) is 4.79 Å². The van der Waals surface area contributed by atoms with Gasteiger partial charge in [0.1, 0.15) is 5.69 Å². The number of amides is 1. The zero-order valence-electron chi connectivity index (χ0n) is 21.3. The van der Waals surface area contributed by atoms with Crippen LogP contribution in [0, 0.1) is 20.8 Å². The highest BCUT2D eigenvalue weighted by molar-refractivity contribution is 6.07. The quantitative estimate of drug-likeness (QED) is 0.324. The van der Waals surface area contributed by atoms with Gasteiger partial charge in [-0.1, -0.05) is 23.8 Å². The number of benzene rings is 1. The molecule has 0 aliphatic carbocycles. The van der Waals surface area contributed by atoms with E-state index in [-0.39, 0.29) is 24.8 Å². The number of carbonyl (C=O) groups is 3. The Morgan fingerprint density at radius 1 is 1.06 bits per heavy atom. The summed E-state index contributed by atoms with van der Waals surface area (Å²) >= 11 is 0. The number of hydrogen-bond acceptors (Lipinski definition) is 5. The molecule has 35 heavy (non-hydrogen) atoms. The molecule has 0 bridgehead atoms. The summed E-state index contributed by atoms with van der Waals surface area (Å²) in [5.74, 6) is -0.919. The van der Waals surface area contributed by atoms with Crippen molar-refractivity contribution < 1.29 is 19.1 Å². The van der Waals surface area contributed by atoms with E-state index in [4.69, 9.17) is 4.74 Å². The summed E-state index contributed by atoms with van der Waals surface area (Å²) in [6, 6.07) is 10.2. The van der Waals surface area contributed by atoms with Crippen molar-refractivity contribution in [1.82, 2.24) is 14.5 Å². The Bertz CT molecular complexity index is 1210. The van der Waals surface area contributed by atoms with Gasteiger partial charge in [-0.15, -0.1) is 0 Å². The number of hydrogen-bond donors (Lipinski definition) is 0. The van der Waals surface area contributed by atoms with Crippen LogP contribution in [-0.4, -0.2) is 44.8 Å². The zero-order valence-corrected chi connectivity index (χ0v) is 21.3. The average molecular weight is 476 g/mol. The lowest BCUT2D eigenvalue weighted by Crippen LogP contribution is -2.43. The molecule has 1 amide bonds. The van der Waals surface area contributed by atoms with Crippen molar-refractivity contribution in [2.24, 2.45) is 0 Å². The zero-order chi connectivity index (χ0) is 25.7. The van der Waals surface area contributed by atoms with E-state index < -0.39 is 12.0 Å². The summed E-state index contributed by atoms with van der Waals surface area (Å²) < 4.78 is 7.06. The Balaban J connectivity index is 2.05. The van der Waals surface area contributed by atoms with Gasteiger partial charge in [-0.3, -0.25) is 14.6 Å². The Kier molecular flexibility index (Phi) is 8.22. The second-order valence-corrected chi connectivity index (χ2v) is 8.60. The molecule has 7 nitrogen and oxygen atoms in total. The van der Waals surface area contributed by atoms with E-state index in [1.807, 2.05) is 39.0 Å². The first-order valence-corrected chi connectivity index (χ1v) is 11.9. The molecule has 0 aliphatic rings. The van der Waals surface area contributed by atoms with Crippen LogP contribution in [-0.2, 0) is 17.8 Å². The fourth-order valence-electron chi connectivity index (χ4n) is 4.40. The number of rotatable bonds is 9. The second kappa shape index (κ2) is 11.1. The van der Waals surface area contributed by atoms with Gasteiger partial charge < -0.3 is 14.2 Å². The molecule has 7 heteroatoms. The van der Waals surface area contributed by atoms with Gasteiger partial charge >= 0.3 is 5.97 Å². The van der Waals surface area contributed by atoms with Crippen LogP contribution < -0.4 is 0 Å². The highest BCUT2D eigenvalue weighted by atomic mass is 16.5. The van der Waals surface area contributed by atoms with Crippen molar-refractivity contribution in [2.45, 2.75) is 60.7 Å². The first-order valence-electron chi connectivity index (χ1n) is 11.9. The monoisotopic (exact) mass is 475 g/mol. The number of aryl methyl sites for hydroxylation is 1. The largest absolute Gasteiger partial charge is 0.461 e. The van der Waals surface area contributed by atoms with Crippen LogP contribution in [0.2, 0.25) is 0 Å². The molecule has 1 aromatic carbocycles. The van der Waals surface area contributed by atoms with E-state index in [1.54, 1.807) is 60.8 Å². The van der Waals surface area contributed by atoms with Crippen molar-refractivity contribution in [3.8, 4) is 0 Å². The molecule has 1 atom stereocenters. The van der Waals surface area contributed by atoms with Gasteiger partial charge in [0, 0.05) is 42.3 Å². The minimum Gasteiger partial charge on any atom is -0.461 e. The molecule has 0 aliphatic heterocycles. The molecule has 1 unspecified atom stereocenters. The highest BCUT2D eigenvalue weighted by Gasteiger charge is 2.33. The van der Waals surface area contributed by atoms with Crippen LogP contribution >= 0.6 is 0 Å². The minimum absolute atomic E-state index is 0.220. The summed E-state index contributed by atoms with van der Waals surface area (Å²) in [7, 11) is 0. The van der Waals surface area contributed by atoms with E-state index in [2.05, 4.69) is 4.98 Å². The third kappa shape index (κ3) is 5.34. The molecule has 0 saturated carbocycles. The van der Waals surface area contributed by atoms with E-state index in [9.17, 15) is 14.4 Å². The molecule has 0 saturated heterocycles. The Morgan fingerprint density at radius 2 is 1.74 bits per heavy atom. The van der Waals surface area contributed by atoms with Gasteiger partial charge in [-0.2, -0.15) is 0 Å². The van der Waals surface area contributed by atoms with Crippen molar-refractivity contribution >= 4 is 17.7 Å². The number of ether oxygens (including phenoxy) is 1. The normalized spacial score (nSPS) is 11.7. The molecular weight excluding hydrogens is 442 g/mol. The SMILES string of the molecule is CCOC(=O)c1c(C)c(C(=O)C(C)N(Cc2cccnc2)C(=O)c2ccc(C)cc2)c(C)n1CC. The molecule has 0 radical (unpaired) electrons. The van der Waals surface area contributed by atoms with Crippen LogP contribution in [0.5, 0.6) is 0 Å². The Morgan fingerprint density at radius 3 is 2.31 bits per heavy atom. The van der Waals surface area contributed by atoms with E-state index in [0.29, 0.717) is 34.6 Å². The third-order valence-electron chi connectivity index (χ3n) is 6.28. The van der Waals surface area contributed by atoms with E-state index in [0.717, 1.165) is 11.1 Å². The van der Waals surface area contributed by atoms with Crippen molar-refractivity contribution in [2.75, 3.05) is 6.61 Å². The van der Waals surface area contributed by atoms with E-state index in [1.165, 1.54) is 0 Å². The predicted octanol–water partition coefficient (Wildman–Crippen LogP) is 4.92. The molecule has 3 rings (SSSR count). The number of aromatic nitrogens is 2. The lowest BCUT2D eigenvalue weighted by atomic mass is 9.98. The first kappa shape index (κ1) is 25.9. The third-order valence-corrected chi connectivity index (χ3v) is 6.28.